The Kier molecular flexibility index (Phi) is 3.82. The van der Waals surface area contributed by atoms with Gasteiger partial charge >= 0.3 is 6.01 Å². The van der Waals surface area contributed by atoms with E-state index < -0.39 is 0 Å². The van der Waals surface area contributed by atoms with E-state index in [1.807, 2.05) is 0 Å². The van der Waals surface area contributed by atoms with E-state index >= 15 is 0 Å². The van der Waals surface area contributed by atoms with Gasteiger partial charge in [-0.2, -0.15) is 0 Å². The summed E-state index contributed by atoms with van der Waals surface area (Å²) in [6.07, 6.45) is 0. The molecule has 19 heavy (non-hydrogen) atoms. The van der Waals surface area contributed by atoms with E-state index in [9.17, 15) is 0 Å². The van der Waals surface area contributed by atoms with Gasteiger partial charge in [-0.15, -0.1) is 5.10 Å². The lowest BCUT2D eigenvalue weighted by Crippen LogP contribution is -2.53. The third-order valence-corrected chi connectivity index (χ3v) is 3.10. The van der Waals surface area contributed by atoms with E-state index in [1.165, 1.54) is 0 Å². The zero-order chi connectivity index (χ0) is 14.1. The number of anilines is 1. The Morgan fingerprint density at radius 3 is 2.68 bits per heavy atom. The fourth-order valence-electron chi connectivity index (χ4n) is 1.98. The Balaban J connectivity index is 2.04. The van der Waals surface area contributed by atoms with E-state index in [-0.39, 0.29) is 11.1 Å². The number of hydrogen-bond donors (Lipinski definition) is 1. The molecule has 1 aliphatic rings. The van der Waals surface area contributed by atoms with Gasteiger partial charge in [-0.3, -0.25) is 0 Å². The highest BCUT2D eigenvalue weighted by Crippen LogP contribution is 2.25. The average Bonchev–Trinajstić information content (AvgIpc) is 2.73. The van der Waals surface area contributed by atoms with E-state index in [1.54, 1.807) is 0 Å². The number of nitrogens with one attached hydrogen (secondary N) is 1. The largest absolute Gasteiger partial charge is 0.407 e. The van der Waals surface area contributed by atoms with Crippen LogP contribution in [0.3, 0.4) is 0 Å². The lowest BCUT2D eigenvalue weighted by Gasteiger charge is -2.40. The summed E-state index contributed by atoms with van der Waals surface area (Å²) < 4.78 is 11.2. The van der Waals surface area contributed by atoms with Crippen molar-refractivity contribution in [3.8, 4) is 0 Å². The maximum atomic E-state index is 5.74. The first-order valence-electron chi connectivity index (χ1n) is 6.71. The van der Waals surface area contributed by atoms with Crippen molar-refractivity contribution in [3.05, 3.63) is 5.89 Å². The molecule has 1 aliphatic heterocycles. The minimum Gasteiger partial charge on any atom is -0.407 e. The molecule has 0 amide bonds. The summed E-state index contributed by atoms with van der Waals surface area (Å²) in [5.74, 6) is 0.618. The molecule has 2 rings (SSSR count). The van der Waals surface area contributed by atoms with Gasteiger partial charge in [0.05, 0.1) is 25.3 Å². The van der Waals surface area contributed by atoms with Crippen LogP contribution in [0.4, 0.5) is 6.01 Å². The summed E-state index contributed by atoms with van der Waals surface area (Å²) in [4.78, 5) is 2.12. The first-order chi connectivity index (χ1) is 8.78. The molecule has 0 spiro atoms. The predicted octanol–water partition coefficient (Wildman–Crippen LogP) is 1.57. The molecule has 1 N–H and O–H groups in total. The van der Waals surface area contributed by atoms with E-state index in [4.69, 9.17) is 9.15 Å². The molecular formula is C13H24N4O2. The topological polar surface area (TPSA) is 63.4 Å². The first kappa shape index (κ1) is 14.3. The monoisotopic (exact) mass is 268 g/mol. The Labute approximate surface area is 114 Å². The number of aromatic nitrogens is 2. The van der Waals surface area contributed by atoms with Gasteiger partial charge in [0.15, 0.2) is 0 Å². The Bertz CT molecular complexity index is 423. The maximum absolute atomic E-state index is 5.74. The third kappa shape index (κ3) is 3.67. The molecule has 0 aromatic carbocycles. The molecule has 2 heterocycles. The summed E-state index contributed by atoms with van der Waals surface area (Å²) in [5.41, 5.74) is -0.0770. The van der Waals surface area contributed by atoms with E-state index in [0.29, 0.717) is 31.7 Å². The van der Waals surface area contributed by atoms with Crippen LogP contribution in [0.1, 0.15) is 40.5 Å². The molecule has 1 aromatic heterocycles. The Morgan fingerprint density at radius 2 is 2.05 bits per heavy atom. The number of hydrogen-bond acceptors (Lipinski definition) is 6. The summed E-state index contributed by atoms with van der Waals surface area (Å²) in [6, 6.07) is 0.582. The molecule has 0 aliphatic carbocycles. The fourth-order valence-corrected chi connectivity index (χ4v) is 1.98. The summed E-state index contributed by atoms with van der Waals surface area (Å²) in [6.45, 7) is 13.3. The van der Waals surface area contributed by atoms with Crippen molar-refractivity contribution in [3.63, 3.8) is 0 Å². The van der Waals surface area contributed by atoms with Crippen molar-refractivity contribution in [2.45, 2.75) is 52.2 Å². The smallest absolute Gasteiger partial charge is 0.318 e. The summed E-state index contributed by atoms with van der Waals surface area (Å²) >= 11 is 0. The van der Waals surface area contributed by atoms with E-state index in [2.05, 4.69) is 55.0 Å². The van der Waals surface area contributed by atoms with Crippen LogP contribution in [-0.2, 0) is 11.3 Å². The highest BCUT2D eigenvalue weighted by Gasteiger charge is 2.34. The van der Waals surface area contributed by atoms with Crippen molar-refractivity contribution in [2.24, 2.45) is 0 Å². The van der Waals surface area contributed by atoms with Gasteiger partial charge in [0.25, 0.3) is 0 Å². The lowest BCUT2D eigenvalue weighted by atomic mass is 10.0. The molecule has 108 valence electrons. The molecule has 1 saturated heterocycles. The van der Waals surface area contributed by atoms with E-state index in [0.717, 1.165) is 6.54 Å². The van der Waals surface area contributed by atoms with Crippen LogP contribution in [0.5, 0.6) is 0 Å². The molecule has 1 aromatic rings. The number of rotatable bonds is 3. The van der Waals surface area contributed by atoms with Gasteiger partial charge in [-0.25, -0.2) is 0 Å². The lowest BCUT2D eigenvalue weighted by molar-refractivity contribution is 0.0610. The van der Waals surface area contributed by atoms with Gasteiger partial charge in [0, 0.05) is 12.1 Å². The molecule has 0 radical (unpaired) electrons. The standard InChI is InChI=1S/C13H24N4O2/c1-12(2,3)14-8-10-15-16-11(19-10)17-6-7-18-9-13(17,4)5/h14H,6-9H2,1-5H3. The fraction of sp³-hybridized carbons (Fsp3) is 0.846. The van der Waals surface area contributed by atoms with Crippen LogP contribution in [-0.4, -0.2) is 41.0 Å². The van der Waals surface area contributed by atoms with Crippen molar-refractivity contribution in [1.82, 2.24) is 15.5 Å². The quantitative estimate of drug-likeness (QED) is 0.898. The minimum absolute atomic E-state index is 0.0346. The van der Waals surface area contributed by atoms with Gasteiger partial charge in [0.2, 0.25) is 5.89 Å². The molecule has 0 unspecified atom stereocenters. The molecule has 0 atom stereocenters. The Morgan fingerprint density at radius 1 is 1.32 bits per heavy atom. The van der Waals surface area contributed by atoms with Crippen LogP contribution in [0.2, 0.25) is 0 Å². The van der Waals surface area contributed by atoms with Crippen LogP contribution in [0.15, 0.2) is 4.42 Å². The molecule has 0 bridgehead atoms. The number of ether oxygens (including phenoxy) is 1. The maximum Gasteiger partial charge on any atom is 0.318 e. The van der Waals surface area contributed by atoms with Crippen LogP contribution in [0, 0.1) is 0 Å². The highest BCUT2D eigenvalue weighted by molar-refractivity contribution is 5.30. The zero-order valence-electron chi connectivity index (χ0n) is 12.5. The molecule has 0 saturated carbocycles. The molecular weight excluding hydrogens is 244 g/mol. The number of nitrogens with zero attached hydrogens (tertiary/aromatic N) is 3. The van der Waals surface area contributed by atoms with Crippen molar-refractivity contribution in [2.75, 3.05) is 24.7 Å². The van der Waals surface area contributed by atoms with Gasteiger partial charge in [-0.1, -0.05) is 5.10 Å². The molecule has 6 nitrogen and oxygen atoms in total. The molecule has 6 heteroatoms. The van der Waals surface area contributed by atoms with Crippen molar-refractivity contribution >= 4 is 6.01 Å². The second-order valence-corrected chi connectivity index (χ2v) is 6.60. The highest BCUT2D eigenvalue weighted by atomic mass is 16.5. The van der Waals surface area contributed by atoms with Crippen LogP contribution >= 0.6 is 0 Å². The zero-order valence-corrected chi connectivity index (χ0v) is 12.5. The third-order valence-electron chi connectivity index (χ3n) is 3.10. The Hall–Kier alpha value is -1.14. The van der Waals surface area contributed by atoms with Crippen LogP contribution in [0.25, 0.3) is 0 Å². The minimum atomic E-state index is -0.112. The second-order valence-electron chi connectivity index (χ2n) is 6.60. The first-order valence-corrected chi connectivity index (χ1v) is 6.71. The number of morpholine rings is 1. The normalized spacial score (nSPS) is 19.7. The van der Waals surface area contributed by atoms with Gasteiger partial charge in [-0.05, 0) is 34.6 Å². The van der Waals surface area contributed by atoms with Gasteiger partial charge in [0.1, 0.15) is 0 Å². The second kappa shape index (κ2) is 5.09. The van der Waals surface area contributed by atoms with Crippen LogP contribution < -0.4 is 10.2 Å². The van der Waals surface area contributed by atoms with Crippen molar-refractivity contribution in [1.29, 1.82) is 0 Å². The van der Waals surface area contributed by atoms with Crippen molar-refractivity contribution < 1.29 is 9.15 Å². The SMILES string of the molecule is CC(C)(C)NCc1nnc(N2CCOCC2(C)C)o1. The molecule has 1 fully saturated rings. The van der Waals surface area contributed by atoms with Gasteiger partial charge < -0.3 is 19.4 Å². The summed E-state index contributed by atoms with van der Waals surface area (Å²) in [5, 5.41) is 11.6. The average molecular weight is 268 g/mol. The predicted molar refractivity (Wildman–Crippen MR) is 73.1 cm³/mol. The summed E-state index contributed by atoms with van der Waals surface area (Å²) in [7, 11) is 0.